The van der Waals surface area contributed by atoms with Crippen LogP contribution in [0.5, 0.6) is 0 Å². The van der Waals surface area contributed by atoms with Crippen LogP contribution in [-0.4, -0.2) is 21.5 Å². The third-order valence-corrected chi connectivity index (χ3v) is 5.11. The molecule has 0 spiro atoms. The van der Waals surface area contributed by atoms with Gasteiger partial charge in [0.1, 0.15) is 10.8 Å². The van der Waals surface area contributed by atoms with E-state index in [2.05, 4.69) is 9.97 Å². The predicted octanol–water partition coefficient (Wildman–Crippen LogP) is 5.41. The van der Waals surface area contributed by atoms with Gasteiger partial charge in [0.15, 0.2) is 11.6 Å². The molecule has 0 bridgehead atoms. The maximum absolute atomic E-state index is 13.8. The van der Waals surface area contributed by atoms with Crippen molar-refractivity contribution in [1.29, 1.82) is 0 Å². The van der Waals surface area contributed by atoms with Gasteiger partial charge in [0.05, 0.1) is 16.8 Å². The van der Waals surface area contributed by atoms with Crippen LogP contribution in [0.3, 0.4) is 0 Å². The molecule has 3 aromatic carbocycles. The molecule has 132 valence electrons. The van der Waals surface area contributed by atoms with Crippen molar-refractivity contribution in [3.8, 4) is 11.4 Å². The molecule has 1 aromatic heterocycles. The molecular weight excluding hydrogens is 359 g/mol. The quantitative estimate of drug-likeness (QED) is 0.266. The second-order valence-electron chi connectivity index (χ2n) is 5.93. The number of para-hydroxylation sites is 1. The molecule has 4 rings (SSSR count). The Hall–Kier alpha value is -3.05. The van der Waals surface area contributed by atoms with Crippen molar-refractivity contribution in [2.75, 3.05) is 5.75 Å². The first kappa shape index (κ1) is 17.4. The van der Waals surface area contributed by atoms with Crippen LogP contribution in [-0.2, 0) is 0 Å². The van der Waals surface area contributed by atoms with Crippen molar-refractivity contribution in [2.24, 2.45) is 0 Å². The van der Waals surface area contributed by atoms with E-state index < -0.39 is 5.82 Å². The minimum Gasteiger partial charge on any atom is -0.293 e. The molecule has 4 aromatic rings. The van der Waals surface area contributed by atoms with Crippen molar-refractivity contribution in [3.05, 3.63) is 90.2 Å². The average molecular weight is 374 g/mol. The highest BCUT2D eigenvalue weighted by atomic mass is 32.2. The summed E-state index contributed by atoms with van der Waals surface area (Å²) in [5.74, 6) is -0.0475. The van der Waals surface area contributed by atoms with Crippen LogP contribution >= 0.6 is 11.8 Å². The number of ketones is 1. The van der Waals surface area contributed by atoms with Gasteiger partial charge in [0.25, 0.3) is 0 Å². The molecule has 0 saturated heterocycles. The van der Waals surface area contributed by atoms with E-state index >= 15 is 0 Å². The molecule has 0 aliphatic rings. The second-order valence-corrected chi connectivity index (χ2v) is 6.89. The highest BCUT2D eigenvalue weighted by Gasteiger charge is 2.14. The van der Waals surface area contributed by atoms with Crippen LogP contribution in [0.1, 0.15) is 10.4 Å². The van der Waals surface area contributed by atoms with E-state index in [0.717, 1.165) is 16.5 Å². The summed E-state index contributed by atoms with van der Waals surface area (Å²) in [5, 5.41) is 1.59. The highest BCUT2D eigenvalue weighted by Crippen LogP contribution is 2.29. The number of nitrogens with zero attached hydrogens (tertiary/aromatic N) is 2. The minimum atomic E-state index is -0.499. The summed E-state index contributed by atoms with van der Waals surface area (Å²) in [5.41, 5.74) is 1.82. The number of fused-ring (bicyclic) bond motifs is 1. The van der Waals surface area contributed by atoms with Gasteiger partial charge in [0.2, 0.25) is 0 Å². The normalized spacial score (nSPS) is 10.9. The van der Waals surface area contributed by atoms with E-state index in [9.17, 15) is 9.18 Å². The molecule has 0 N–H and O–H groups in total. The van der Waals surface area contributed by atoms with E-state index in [1.54, 1.807) is 12.1 Å². The van der Waals surface area contributed by atoms with E-state index in [-0.39, 0.29) is 17.1 Å². The first-order chi connectivity index (χ1) is 13.2. The molecule has 0 fully saturated rings. The number of rotatable bonds is 5. The second kappa shape index (κ2) is 7.68. The summed E-state index contributed by atoms with van der Waals surface area (Å²) in [6.45, 7) is 0. The Kier molecular flexibility index (Phi) is 4.94. The van der Waals surface area contributed by atoms with Crippen LogP contribution in [0, 0.1) is 5.82 Å². The number of aromatic nitrogens is 2. The number of carbonyl (C=O) groups excluding carboxylic acids is 1. The summed E-state index contributed by atoms with van der Waals surface area (Å²) >= 11 is 1.30. The number of benzene rings is 3. The largest absolute Gasteiger partial charge is 0.293 e. The van der Waals surface area contributed by atoms with Crippen LogP contribution < -0.4 is 0 Å². The van der Waals surface area contributed by atoms with Crippen LogP contribution in [0.25, 0.3) is 22.3 Å². The van der Waals surface area contributed by atoms with Gasteiger partial charge in [0, 0.05) is 10.9 Å². The van der Waals surface area contributed by atoms with Crippen LogP contribution in [0.15, 0.2) is 83.9 Å². The zero-order valence-corrected chi connectivity index (χ0v) is 15.1. The Morgan fingerprint density at radius 1 is 0.852 bits per heavy atom. The lowest BCUT2D eigenvalue weighted by Crippen LogP contribution is -2.05. The predicted molar refractivity (Wildman–Crippen MR) is 106 cm³/mol. The fourth-order valence-electron chi connectivity index (χ4n) is 2.77. The third-order valence-electron chi connectivity index (χ3n) is 4.11. The maximum Gasteiger partial charge on any atom is 0.176 e. The molecular formula is C22H15FN2OS. The molecule has 0 aliphatic heterocycles. The van der Waals surface area contributed by atoms with Gasteiger partial charge in [-0.2, -0.15) is 0 Å². The van der Waals surface area contributed by atoms with Gasteiger partial charge in [-0.05, 0) is 18.2 Å². The molecule has 0 saturated carbocycles. The average Bonchev–Trinajstić information content (AvgIpc) is 2.72. The molecule has 27 heavy (non-hydrogen) atoms. The van der Waals surface area contributed by atoms with Gasteiger partial charge in [-0.1, -0.05) is 72.4 Å². The summed E-state index contributed by atoms with van der Waals surface area (Å²) in [4.78, 5) is 21.7. The first-order valence-corrected chi connectivity index (χ1v) is 9.43. The minimum absolute atomic E-state index is 0.103. The molecule has 5 heteroatoms. The summed E-state index contributed by atoms with van der Waals surface area (Å²) in [6, 6.07) is 23.4. The highest BCUT2D eigenvalue weighted by molar-refractivity contribution is 8.00. The summed E-state index contributed by atoms with van der Waals surface area (Å²) < 4.78 is 13.8. The standard InChI is InChI=1S/C22H15FN2OS/c23-18-12-6-4-10-16(18)20(26)14-27-22-17-11-5-7-13-19(17)24-21(25-22)15-8-2-1-3-9-15/h1-13H,14H2. The molecule has 0 atom stereocenters. The fourth-order valence-corrected chi connectivity index (χ4v) is 3.68. The summed E-state index contributed by atoms with van der Waals surface area (Å²) in [6.07, 6.45) is 0. The third kappa shape index (κ3) is 3.73. The number of hydrogen-bond acceptors (Lipinski definition) is 4. The van der Waals surface area contributed by atoms with Crippen LogP contribution in [0.4, 0.5) is 4.39 Å². The Morgan fingerprint density at radius 3 is 2.37 bits per heavy atom. The number of thioether (sulfide) groups is 1. The molecule has 0 amide bonds. The van der Waals surface area contributed by atoms with Crippen molar-refractivity contribution >= 4 is 28.4 Å². The molecule has 0 aliphatic carbocycles. The molecule has 1 heterocycles. The van der Waals surface area contributed by atoms with E-state index in [1.807, 2.05) is 54.6 Å². The lowest BCUT2D eigenvalue weighted by Gasteiger charge is -2.08. The molecule has 0 radical (unpaired) electrons. The Balaban J connectivity index is 1.68. The van der Waals surface area contributed by atoms with Crippen molar-refractivity contribution in [2.45, 2.75) is 5.03 Å². The Bertz CT molecular complexity index is 1120. The van der Waals surface area contributed by atoms with Crippen molar-refractivity contribution < 1.29 is 9.18 Å². The number of hydrogen-bond donors (Lipinski definition) is 0. The zero-order valence-electron chi connectivity index (χ0n) is 14.3. The van der Waals surface area contributed by atoms with E-state index in [4.69, 9.17) is 0 Å². The SMILES string of the molecule is O=C(CSc1nc(-c2ccccc2)nc2ccccc12)c1ccccc1F. The van der Waals surface area contributed by atoms with E-state index in [0.29, 0.717) is 10.9 Å². The fraction of sp³-hybridized carbons (Fsp3) is 0.0455. The van der Waals surface area contributed by atoms with Gasteiger partial charge < -0.3 is 0 Å². The van der Waals surface area contributed by atoms with Gasteiger partial charge >= 0.3 is 0 Å². The Labute approximate surface area is 160 Å². The summed E-state index contributed by atoms with van der Waals surface area (Å²) in [7, 11) is 0. The van der Waals surface area contributed by atoms with Gasteiger partial charge in [-0.15, -0.1) is 0 Å². The number of carbonyl (C=O) groups is 1. The monoisotopic (exact) mass is 374 g/mol. The number of halogens is 1. The molecule has 0 unspecified atom stereocenters. The van der Waals surface area contributed by atoms with Crippen molar-refractivity contribution in [1.82, 2.24) is 9.97 Å². The lowest BCUT2D eigenvalue weighted by molar-refractivity contribution is 0.101. The van der Waals surface area contributed by atoms with E-state index in [1.165, 1.54) is 23.9 Å². The smallest absolute Gasteiger partial charge is 0.176 e. The topological polar surface area (TPSA) is 42.9 Å². The van der Waals surface area contributed by atoms with Gasteiger partial charge in [-0.25, -0.2) is 14.4 Å². The number of Topliss-reactive ketones (excluding diaryl/α,β-unsaturated/α-hetero) is 1. The molecule has 3 nitrogen and oxygen atoms in total. The first-order valence-electron chi connectivity index (χ1n) is 8.45. The van der Waals surface area contributed by atoms with Gasteiger partial charge in [-0.3, -0.25) is 4.79 Å². The lowest BCUT2D eigenvalue weighted by atomic mass is 10.1. The zero-order chi connectivity index (χ0) is 18.6. The van der Waals surface area contributed by atoms with Crippen molar-refractivity contribution in [3.63, 3.8) is 0 Å². The Morgan fingerprint density at radius 2 is 1.56 bits per heavy atom. The van der Waals surface area contributed by atoms with Crippen LogP contribution in [0.2, 0.25) is 0 Å². The maximum atomic E-state index is 13.8.